The summed E-state index contributed by atoms with van der Waals surface area (Å²) in [5.41, 5.74) is 0.870. The van der Waals surface area contributed by atoms with Crippen molar-refractivity contribution in [3.63, 3.8) is 0 Å². The van der Waals surface area contributed by atoms with Crippen LogP contribution in [-0.2, 0) is 0 Å². The first kappa shape index (κ1) is 11.5. The van der Waals surface area contributed by atoms with Gasteiger partial charge in [-0.3, -0.25) is 0 Å². The van der Waals surface area contributed by atoms with E-state index >= 15 is 0 Å². The molecule has 1 atom stereocenters. The van der Waals surface area contributed by atoms with Crippen molar-refractivity contribution in [2.75, 3.05) is 7.11 Å². The highest BCUT2D eigenvalue weighted by molar-refractivity contribution is 5.47. The zero-order valence-electron chi connectivity index (χ0n) is 9.16. The lowest BCUT2D eigenvalue weighted by molar-refractivity contribution is 0.368. The van der Waals surface area contributed by atoms with E-state index in [4.69, 9.17) is 11.2 Å². The van der Waals surface area contributed by atoms with Crippen molar-refractivity contribution in [1.82, 2.24) is 0 Å². The van der Waals surface area contributed by atoms with Crippen LogP contribution >= 0.6 is 0 Å². The maximum absolute atomic E-state index is 9.92. The van der Waals surface area contributed by atoms with Crippen LogP contribution in [0.3, 0.4) is 0 Å². The quantitative estimate of drug-likeness (QED) is 0.764. The first-order valence-corrected chi connectivity index (χ1v) is 5.03. The molecule has 0 saturated carbocycles. The number of benzene rings is 1. The van der Waals surface area contributed by atoms with Crippen LogP contribution in [0, 0.1) is 12.3 Å². The van der Waals surface area contributed by atoms with Gasteiger partial charge in [0.15, 0.2) is 11.5 Å². The Hall–Kier alpha value is -1.62. The summed E-state index contributed by atoms with van der Waals surface area (Å²) in [7, 11) is 1.54. The van der Waals surface area contributed by atoms with E-state index < -0.39 is 0 Å². The highest BCUT2D eigenvalue weighted by Gasteiger charge is 2.15. The highest BCUT2D eigenvalue weighted by Crippen LogP contribution is 2.36. The molecule has 0 aliphatic carbocycles. The predicted octanol–water partition coefficient (Wildman–Crippen LogP) is 2.92. The molecule has 1 rings (SSSR count). The van der Waals surface area contributed by atoms with Crippen molar-refractivity contribution in [1.29, 1.82) is 0 Å². The molecule has 0 heterocycles. The molecule has 0 aliphatic rings. The Bertz CT molecular complexity index is 363. The monoisotopic (exact) mass is 204 g/mol. The summed E-state index contributed by atoms with van der Waals surface area (Å²) in [5.74, 6) is 3.54. The number of aromatic hydroxyl groups is 1. The average molecular weight is 204 g/mol. The molecule has 1 unspecified atom stereocenters. The van der Waals surface area contributed by atoms with E-state index in [-0.39, 0.29) is 11.7 Å². The Morgan fingerprint density at radius 2 is 2.27 bits per heavy atom. The largest absolute Gasteiger partial charge is 0.504 e. The third-order valence-corrected chi connectivity index (χ3v) is 2.55. The van der Waals surface area contributed by atoms with Crippen LogP contribution in [-0.4, -0.2) is 12.2 Å². The lowest BCUT2D eigenvalue weighted by Crippen LogP contribution is -1.97. The fourth-order valence-electron chi connectivity index (χ4n) is 1.65. The lowest BCUT2D eigenvalue weighted by Gasteiger charge is -2.15. The number of terminal acetylenes is 1. The molecule has 2 heteroatoms. The van der Waals surface area contributed by atoms with E-state index in [2.05, 4.69) is 12.8 Å². The molecule has 1 aromatic rings. The lowest BCUT2D eigenvalue weighted by atomic mass is 9.92. The maximum atomic E-state index is 9.92. The Morgan fingerprint density at radius 1 is 1.53 bits per heavy atom. The number of phenolic OH excluding ortho intramolecular Hbond substituents is 1. The van der Waals surface area contributed by atoms with E-state index in [9.17, 15) is 5.11 Å². The predicted molar refractivity (Wildman–Crippen MR) is 61.1 cm³/mol. The minimum Gasteiger partial charge on any atom is -0.504 e. The third-order valence-electron chi connectivity index (χ3n) is 2.55. The van der Waals surface area contributed by atoms with Crippen molar-refractivity contribution in [2.45, 2.75) is 25.7 Å². The number of rotatable bonds is 4. The topological polar surface area (TPSA) is 29.5 Å². The summed E-state index contributed by atoms with van der Waals surface area (Å²) in [6, 6.07) is 5.50. The molecule has 0 fully saturated rings. The number of methoxy groups -OCH3 is 1. The van der Waals surface area contributed by atoms with E-state index in [0.29, 0.717) is 12.2 Å². The molecule has 0 amide bonds. The molecule has 0 radical (unpaired) electrons. The van der Waals surface area contributed by atoms with E-state index in [0.717, 1.165) is 12.0 Å². The van der Waals surface area contributed by atoms with Gasteiger partial charge in [0.1, 0.15) is 0 Å². The Labute approximate surface area is 90.9 Å². The minimum absolute atomic E-state index is 0.199. The van der Waals surface area contributed by atoms with Crippen LogP contribution in [0.5, 0.6) is 11.5 Å². The van der Waals surface area contributed by atoms with Crippen molar-refractivity contribution in [3.05, 3.63) is 23.8 Å². The second kappa shape index (κ2) is 5.31. The van der Waals surface area contributed by atoms with E-state index in [1.807, 2.05) is 12.1 Å². The van der Waals surface area contributed by atoms with Gasteiger partial charge >= 0.3 is 0 Å². The van der Waals surface area contributed by atoms with Crippen molar-refractivity contribution in [2.24, 2.45) is 0 Å². The smallest absolute Gasteiger partial charge is 0.161 e. The van der Waals surface area contributed by atoms with Crippen molar-refractivity contribution >= 4 is 0 Å². The molecule has 0 bridgehead atoms. The molecule has 1 aromatic carbocycles. The molecule has 0 spiro atoms. The molecular formula is C13H16O2. The van der Waals surface area contributed by atoms with Crippen molar-refractivity contribution in [3.8, 4) is 23.8 Å². The molecule has 0 saturated heterocycles. The normalized spacial score (nSPS) is 11.8. The molecular weight excluding hydrogens is 188 g/mol. The first-order valence-electron chi connectivity index (χ1n) is 5.03. The van der Waals surface area contributed by atoms with Crippen LogP contribution in [0.25, 0.3) is 0 Å². The standard InChI is InChI=1S/C13H16O2/c1-4-7-10(5-2)11-8-6-9-12(15-3)13(11)14/h1,6,8-10,14H,5,7H2,2-3H3. The SMILES string of the molecule is C#CCC(CC)c1cccc(OC)c1O. The zero-order chi connectivity index (χ0) is 11.3. The molecule has 0 aliphatic heterocycles. The van der Waals surface area contributed by atoms with Gasteiger partial charge < -0.3 is 9.84 Å². The van der Waals surface area contributed by atoms with Crippen LogP contribution in [0.15, 0.2) is 18.2 Å². The third kappa shape index (κ3) is 2.44. The first-order chi connectivity index (χ1) is 7.24. The van der Waals surface area contributed by atoms with Crippen LogP contribution in [0.2, 0.25) is 0 Å². The second-order valence-corrected chi connectivity index (χ2v) is 3.41. The number of para-hydroxylation sites is 1. The molecule has 0 aromatic heterocycles. The van der Waals surface area contributed by atoms with Crippen molar-refractivity contribution < 1.29 is 9.84 Å². The number of hydrogen-bond donors (Lipinski definition) is 1. The summed E-state index contributed by atoms with van der Waals surface area (Å²) in [6.07, 6.45) is 6.84. The maximum Gasteiger partial charge on any atom is 0.161 e. The summed E-state index contributed by atoms with van der Waals surface area (Å²) in [4.78, 5) is 0. The molecule has 2 nitrogen and oxygen atoms in total. The van der Waals surface area contributed by atoms with Gasteiger partial charge in [-0.15, -0.1) is 12.3 Å². The zero-order valence-corrected chi connectivity index (χ0v) is 9.16. The van der Waals surface area contributed by atoms with E-state index in [1.54, 1.807) is 13.2 Å². The second-order valence-electron chi connectivity index (χ2n) is 3.41. The molecule has 1 N–H and O–H groups in total. The number of ether oxygens (including phenoxy) is 1. The summed E-state index contributed by atoms with van der Waals surface area (Å²) in [6.45, 7) is 2.06. The van der Waals surface area contributed by atoms with E-state index in [1.165, 1.54) is 0 Å². The van der Waals surface area contributed by atoms with Gasteiger partial charge in [-0.05, 0) is 18.4 Å². The van der Waals surface area contributed by atoms with Crippen LogP contribution in [0.1, 0.15) is 31.2 Å². The number of hydrogen-bond acceptors (Lipinski definition) is 2. The summed E-state index contributed by atoms with van der Waals surface area (Å²) in [5, 5.41) is 9.92. The van der Waals surface area contributed by atoms with Gasteiger partial charge in [-0.25, -0.2) is 0 Å². The fourth-order valence-corrected chi connectivity index (χ4v) is 1.65. The van der Waals surface area contributed by atoms with Crippen LogP contribution < -0.4 is 4.74 Å². The summed E-state index contributed by atoms with van der Waals surface area (Å²) >= 11 is 0. The molecule has 15 heavy (non-hydrogen) atoms. The number of phenols is 1. The highest BCUT2D eigenvalue weighted by atomic mass is 16.5. The van der Waals surface area contributed by atoms with Gasteiger partial charge in [0.05, 0.1) is 7.11 Å². The van der Waals surface area contributed by atoms with Gasteiger partial charge in [0.2, 0.25) is 0 Å². The fraction of sp³-hybridized carbons (Fsp3) is 0.385. The minimum atomic E-state index is 0.199. The molecule has 80 valence electrons. The Balaban J connectivity index is 3.07. The Kier molecular flexibility index (Phi) is 4.05. The van der Waals surface area contributed by atoms with Crippen LogP contribution in [0.4, 0.5) is 0 Å². The van der Waals surface area contributed by atoms with Gasteiger partial charge in [-0.2, -0.15) is 0 Å². The Morgan fingerprint density at radius 3 is 2.80 bits per heavy atom. The van der Waals surface area contributed by atoms with Gasteiger partial charge in [0.25, 0.3) is 0 Å². The summed E-state index contributed by atoms with van der Waals surface area (Å²) < 4.78 is 5.06. The average Bonchev–Trinajstić information content (AvgIpc) is 2.27. The van der Waals surface area contributed by atoms with Gasteiger partial charge in [-0.1, -0.05) is 19.1 Å². The van der Waals surface area contributed by atoms with Gasteiger partial charge in [0, 0.05) is 12.0 Å².